The predicted molar refractivity (Wildman–Crippen MR) is 97.0 cm³/mol. The summed E-state index contributed by atoms with van der Waals surface area (Å²) in [6.07, 6.45) is 0.334. The predicted octanol–water partition coefficient (Wildman–Crippen LogP) is 5.65. The maximum Gasteiger partial charge on any atom is 0.127 e. The van der Waals surface area contributed by atoms with Crippen LogP contribution in [0.25, 0.3) is 11.1 Å². The lowest BCUT2D eigenvalue weighted by Gasteiger charge is -2.13. The summed E-state index contributed by atoms with van der Waals surface area (Å²) >= 11 is 6.21. The molecule has 0 radical (unpaired) electrons. The molecule has 0 N–H and O–H groups in total. The van der Waals surface area contributed by atoms with Crippen LogP contribution in [0.5, 0.6) is 5.75 Å². The summed E-state index contributed by atoms with van der Waals surface area (Å²) in [6.45, 7) is 0.503. The number of nitrogens with zero attached hydrogens (tertiary/aromatic N) is 1. The molecule has 0 saturated carbocycles. The van der Waals surface area contributed by atoms with E-state index in [9.17, 15) is 0 Å². The number of benzene rings is 3. The van der Waals surface area contributed by atoms with Crippen LogP contribution in [-0.4, -0.2) is 0 Å². The molecule has 24 heavy (non-hydrogen) atoms. The second-order valence-corrected chi connectivity index (χ2v) is 5.89. The lowest BCUT2D eigenvalue weighted by atomic mass is 10.0. The number of rotatable bonds is 5. The molecule has 0 aliphatic rings. The minimum Gasteiger partial charge on any atom is -0.488 e. The zero-order valence-corrected chi connectivity index (χ0v) is 13.8. The molecule has 0 saturated heterocycles. The first kappa shape index (κ1) is 16.1. The molecule has 0 atom stereocenters. The topological polar surface area (TPSA) is 33.0 Å². The van der Waals surface area contributed by atoms with Crippen molar-refractivity contribution in [2.45, 2.75) is 13.0 Å². The number of halogens is 1. The highest BCUT2D eigenvalue weighted by Crippen LogP contribution is 2.33. The van der Waals surface area contributed by atoms with Crippen LogP contribution < -0.4 is 4.74 Å². The van der Waals surface area contributed by atoms with Crippen LogP contribution in [-0.2, 0) is 13.0 Å². The molecule has 0 aliphatic heterocycles. The Hall–Kier alpha value is -2.76. The second-order valence-electron chi connectivity index (χ2n) is 5.45. The van der Waals surface area contributed by atoms with E-state index in [2.05, 4.69) is 6.07 Å². The van der Waals surface area contributed by atoms with Crippen LogP contribution in [0, 0.1) is 11.3 Å². The van der Waals surface area contributed by atoms with Crippen molar-refractivity contribution >= 4 is 11.6 Å². The zero-order chi connectivity index (χ0) is 16.8. The normalized spacial score (nSPS) is 10.2. The van der Waals surface area contributed by atoms with E-state index in [1.807, 2.05) is 72.8 Å². The molecular formula is C21H16ClNO. The summed E-state index contributed by atoms with van der Waals surface area (Å²) in [5.41, 5.74) is 3.94. The van der Waals surface area contributed by atoms with Gasteiger partial charge in [-0.05, 0) is 41.0 Å². The Kier molecular flexibility index (Phi) is 5.15. The molecule has 0 aliphatic carbocycles. The van der Waals surface area contributed by atoms with Gasteiger partial charge in [0.25, 0.3) is 0 Å². The summed E-state index contributed by atoms with van der Waals surface area (Å²) in [5.74, 6) is 0.798. The van der Waals surface area contributed by atoms with Gasteiger partial charge in [0.2, 0.25) is 0 Å². The van der Waals surface area contributed by atoms with E-state index in [1.165, 1.54) is 0 Å². The Morgan fingerprint density at radius 3 is 2.42 bits per heavy atom. The molecule has 0 unspecified atom stereocenters. The minimum absolute atomic E-state index is 0.334. The van der Waals surface area contributed by atoms with E-state index in [0.29, 0.717) is 18.1 Å². The molecule has 0 amide bonds. The summed E-state index contributed by atoms with van der Waals surface area (Å²) in [4.78, 5) is 0. The molecule has 0 aromatic heterocycles. The van der Waals surface area contributed by atoms with Crippen molar-refractivity contribution in [1.82, 2.24) is 0 Å². The van der Waals surface area contributed by atoms with Gasteiger partial charge in [0, 0.05) is 10.6 Å². The number of para-hydroxylation sites is 1. The highest BCUT2D eigenvalue weighted by molar-refractivity contribution is 6.31. The van der Waals surface area contributed by atoms with Crippen LogP contribution in [0.4, 0.5) is 0 Å². The van der Waals surface area contributed by atoms with Gasteiger partial charge in [0.1, 0.15) is 12.4 Å². The van der Waals surface area contributed by atoms with E-state index >= 15 is 0 Å². The Morgan fingerprint density at radius 1 is 0.875 bits per heavy atom. The van der Waals surface area contributed by atoms with Gasteiger partial charge in [0.15, 0.2) is 0 Å². The third-order valence-electron chi connectivity index (χ3n) is 3.68. The van der Waals surface area contributed by atoms with Gasteiger partial charge in [-0.1, -0.05) is 60.1 Å². The smallest absolute Gasteiger partial charge is 0.127 e. The highest BCUT2D eigenvalue weighted by atomic mass is 35.5. The summed E-state index contributed by atoms with van der Waals surface area (Å²) in [6, 6.07) is 25.8. The monoisotopic (exact) mass is 333 g/mol. The van der Waals surface area contributed by atoms with E-state index < -0.39 is 0 Å². The molecule has 0 spiro atoms. The standard InChI is InChI=1S/C21H16ClNO/c22-19-13-17(10-11-23)12-18(14-19)20-8-4-5-9-21(20)24-15-16-6-2-1-3-7-16/h1-9,12-14H,10,15H2. The maximum atomic E-state index is 8.92. The molecule has 3 aromatic carbocycles. The fourth-order valence-electron chi connectivity index (χ4n) is 2.57. The van der Waals surface area contributed by atoms with Crippen molar-refractivity contribution < 1.29 is 4.74 Å². The van der Waals surface area contributed by atoms with E-state index in [1.54, 1.807) is 0 Å². The summed E-state index contributed by atoms with van der Waals surface area (Å²) in [5, 5.41) is 9.54. The Bertz CT molecular complexity index is 869. The summed E-state index contributed by atoms with van der Waals surface area (Å²) in [7, 11) is 0. The first-order chi connectivity index (χ1) is 11.8. The molecule has 0 fully saturated rings. The largest absolute Gasteiger partial charge is 0.488 e. The maximum absolute atomic E-state index is 8.92. The van der Waals surface area contributed by atoms with Gasteiger partial charge >= 0.3 is 0 Å². The SMILES string of the molecule is N#CCc1cc(Cl)cc(-c2ccccc2OCc2ccccc2)c1. The lowest BCUT2D eigenvalue weighted by Crippen LogP contribution is -1.97. The van der Waals surface area contributed by atoms with Crippen LogP contribution in [0.15, 0.2) is 72.8 Å². The number of hydrogen-bond acceptors (Lipinski definition) is 2. The fourth-order valence-corrected chi connectivity index (χ4v) is 2.82. The molecule has 2 nitrogen and oxygen atoms in total. The minimum atomic E-state index is 0.334. The van der Waals surface area contributed by atoms with Crippen molar-refractivity contribution in [3.05, 3.63) is 88.9 Å². The first-order valence-electron chi connectivity index (χ1n) is 7.69. The van der Waals surface area contributed by atoms with E-state index in [4.69, 9.17) is 21.6 Å². The van der Waals surface area contributed by atoms with Crippen LogP contribution >= 0.6 is 11.6 Å². The van der Waals surface area contributed by atoms with Gasteiger partial charge in [-0.3, -0.25) is 0 Å². The van der Waals surface area contributed by atoms with E-state index in [0.717, 1.165) is 28.0 Å². The first-order valence-corrected chi connectivity index (χ1v) is 8.06. The third-order valence-corrected chi connectivity index (χ3v) is 3.89. The van der Waals surface area contributed by atoms with Crippen molar-refractivity contribution in [3.63, 3.8) is 0 Å². The second kappa shape index (κ2) is 7.68. The average Bonchev–Trinajstić information content (AvgIpc) is 2.61. The number of ether oxygens (including phenoxy) is 1. The van der Waals surface area contributed by atoms with Crippen LogP contribution in [0.1, 0.15) is 11.1 Å². The van der Waals surface area contributed by atoms with Gasteiger partial charge in [-0.15, -0.1) is 0 Å². The molecule has 0 heterocycles. The molecular weight excluding hydrogens is 318 g/mol. The van der Waals surface area contributed by atoms with Crippen LogP contribution in [0.2, 0.25) is 5.02 Å². The van der Waals surface area contributed by atoms with Crippen molar-refractivity contribution in [2.75, 3.05) is 0 Å². The zero-order valence-electron chi connectivity index (χ0n) is 13.1. The number of nitriles is 1. The third kappa shape index (κ3) is 3.95. The van der Waals surface area contributed by atoms with Gasteiger partial charge in [0.05, 0.1) is 12.5 Å². The van der Waals surface area contributed by atoms with Gasteiger partial charge in [-0.2, -0.15) is 5.26 Å². The average molecular weight is 334 g/mol. The molecule has 118 valence electrons. The Morgan fingerprint density at radius 2 is 1.62 bits per heavy atom. The fraction of sp³-hybridized carbons (Fsp3) is 0.0952. The lowest BCUT2D eigenvalue weighted by molar-refractivity contribution is 0.307. The summed E-state index contributed by atoms with van der Waals surface area (Å²) < 4.78 is 6.01. The molecule has 3 heteroatoms. The highest BCUT2D eigenvalue weighted by Gasteiger charge is 2.08. The van der Waals surface area contributed by atoms with Crippen molar-refractivity contribution in [1.29, 1.82) is 5.26 Å². The molecule has 3 rings (SSSR count). The molecule has 3 aromatic rings. The van der Waals surface area contributed by atoms with Gasteiger partial charge < -0.3 is 4.74 Å². The Balaban J connectivity index is 1.90. The quantitative estimate of drug-likeness (QED) is 0.604. The van der Waals surface area contributed by atoms with Crippen LogP contribution in [0.3, 0.4) is 0 Å². The van der Waals surface area contributed by atoms with Crippen molar-refractivity contribution in [3.8, 4) is 22.9 Å². The Labute approximate surface area is 146 Å². The van der Waals surface area contributed by atoms with Gasteiger partial charge in [-0.25, -0.2) is 0 Å². The van der Waals surface area contributed by atoms with Crippen molar-refractivity contribution in [2.24, 2.45) is 0 Å². The molecule has 0 bridgehead atoms. The number of hydrogen-bond donors (Lipinski definition) is 0. The van der Waals surface area contributed by atoms with E-state index in [-0.39, 0.29) is 0 Å².